The highest BCUT2D eigenvalue weighted by atomic mass is 31.2. The lowest BCUT2D eigenvalue weighted by atomic mass is 10.0. The number of ether oxygens (including phenoxy) is 2. The Morgan fingerprint density at radius 1 is 0.517 bits per heavy atom. The number of carbonyl (C=O) groups excluding carboxylic acids is 2. The third-order valence-electron chi connectivity index (χ3n) is 10.8. The summed E-state index contributed by atoms with van der Waals surface area (Å²) in [7, 11) is 1.18. The minimum absolute atomic E-state index is 0.0281. The number of unbranched alkanes of at least 4 members (excludes halogenated alkanes) is 29. The second-order valence-corrected chi connectivity index (χ2v) is 19.2. The van der Waals surface area contributed by atoms with Gasteiger partial charge in [-0.1, -0.05) is 193 Å². The Kier molecular flexibility index (Phi) is 40.2. The van der Waals surface area contributed by atoms with E-state index in [1.54, 1.807) is 0 Å². The normalized spacial score (nSPS) is 13.6. The van der Waals surface area contributed by atoms with Crippen molar-refractivity contribution in [1.29, 1.82) is 0 Å². The average Bonchev–Trinajstić information content (AvgIpc) is 3.17. The van der Waals surface area contributed by atoms with Crippen LogP contribution in [0.25, 0.3) is 0 Å². The number of hydrogen-bond acceptors (Lipinski definition) is 8. The fraction of sp³-hybridized carbons (Fsp3) is 0.917. The summed E-state index contributed by atoms with van der Waals surface area (Å²) in [5, 5.41) is 0. The Bertz CT molecular complexity index is 1000. The molecule has 0 rings (SSSR count). The number of hydrogen-bond donors (Lipinski definition) is 0. The summed E-state index contributed by atoms with van der Waals surface area (Å²) in [6.07, 6.45) is 43.8. The van der Waals surface area contributed by atoms with Crippen LogP contribution in [0, 0.1) is 0 Å². The molecule has 344 valence electrons. The summed E-state index contributed by atoms with van der Waals surface area (Å²) in [5.74, 6) is -0.825. The van der Waals surface area contributed by atoms with Crippen LogP contribution in [0.4, 0.5) is 0 Å². The van der Waals surface area contributed by atoms with E-state index in [1.807, 2.05) is 21.1 Å². The van der Waals surface area contributed by atoms with Gasteiger partial charge in [0.25, 0.3) is 7.82 Å². The molecule has 0 saturated carbocycles. The molecule has 9 nitrogen and oxygen atoms in total. The number of phosphoric ester groups is 1. The van der Waals surface area contributed by atoms with Crippen LogP contribution in [0.1, 0.15) is 232 Å². The minimum Gasteiger partial charge on any atom is -0.756 e. The molecule has 0 aromatic carbocycles. The lowest BCUT2D eigenvalue weighted by Gasteiger charge is -2.28. The fourth-order valence-electron chi connectivity index (χ4n) is 6.95. The van der Waals surface area contributed by atoms with Gasteiger partial charge in [-0.3, -0.25) is 14.2 Å². The first-order chi connectivity index (χ1) is 28.0. The van der Waals surface area contributed by atoms with Gasteiger partial charge in [0.1, 0.15) is 19.8 Å². The Hall–Kier alpha value is -1.25. The van der Waals surface area contributed by atoms with Gasteiger partial charge in [0.05, 0.1) is 27.7 Å². The molecule has 58 heavy (non-hydrogen) atoms. The summed E-state index contributed by atoms with van der Waals surface area (Å²) in [6, 6.07) is 0. The molecule has 0 aliphatic carbocycles. The van der Waals surface area contributed by atoms with E-state index in [4.69, 9.17) is 18.5 Å². The largest absolute Gasteiger partial charge is 0.756 e. The van der Waals surface area contributed by atoms with Crippen LogP contribution in [0.2, 0.25) is 0 Å². The Labute approximate surface area is 358 Å². The predicted molar refractivity (Wildman–Crippen MR) is 241 cm³/mol. The number of carbonyl (C=O) groups is 2. The maximum atomic E-state index is 12.7. The standard InChI is InChI=1S/C48H94NO8P/c1-6-8-10-12-14-16-18-20-22-23-24-25-27-28-30-32-34-36-38-40-47(50)54-44-46(45-56-58(52,53)55-43-42-49(3,4)5)57-48(51)41-39-37-35-33-31-29-26-21-19-17-15-13-11-9-7-2/h15,17,46H,6-14,16,18-45H2,1-5H3/b17-15-/t46-/m1/s1. The van der Waals surface area contributed by atoms with Crippen molar-refractivity contribution in [2.45, 2.75) is 238 Å². The van der Waals surface area contributed by atoms with E-state index in [2.05, 4.69) is 26.0 Å². The number of allylic oxidation sites excluding steroid dienone is 2. The number of likely N-dealkylation sites (N-methyl/N-ethyl adjacent to an activating group) is 1. The van der Waals surface area contributed by atoms with Crippen LogP contribution in [-0.4, -0.2) is 70.0 Å². The highest BCUT2D eigenvalue weighted by molar-refractivity contribution is 7.45. The summed E-state index contributed by atoms with van der Waals surface area (Å²) < 4.78 is 34.0. The summed E-state index contributed by atoms with van der Waals surface area (Å²) in [6.45, 7) is 4.25. The second kappa shape index (κ2) is 41.1. The van der Waals surface area contributed by atoms with Crippen LogP contribution < -0.4 is 4.89 Å². The van der Waals surface area contributed by atoms with E-state index in [1.165, 1.54) is 161 Å². The minimum atomic E-state index is -4.62. The molecule has 0 fully saturated rings. The molecule has 0 aliphatic heterocycles. The van der Waals surface area contributed by atoms with Crippen LogP contribution in [-0.2, 0) is 32.7 Å². The van der Waals surface area contributed by atoms with Gasteiger partial charge in [0.15, 0.2) is 6.10 Å². The van der Waals surface area contributed by atoms with Crippen molar-refractivity contribution in [3.05, 3.63) is 12.2 Å². The molecule has 0 aliphatic rings. The Morgan fingerprint density at radius 3 is 1.31 bits per heavy atom. The highest BCUT2D eigenvalue weighted by Crippen LogP contribution is 2.38. The van der Waals surface area contributed by atoms with Crippen LogP contribution in [0.5, 0.6) is 0 Å². The van der Waals surface area contributed by atoms with Crippen molar-refractivity contribution in [3.63, 3.8) is 0 Å². The first-order valence-corrected chi connectivity index (χ1v) is 25.9. The third-order valence-corrected chi connectivity index (χ3v) is 11.7. The Balaban J connectivity index is 4.24. The van der Waals surface area contributed by atoms with Crippen molar-refractivity contribution < 1.29 is 42.1 Å². The number of phosphoric acid groups is 1. The number of esters is 2. The van der Waals surface area contributed by atoms with Gasteiger partial charge in [0, 0.05) is 12.8 Å². The molecule has 1 unspecified atom stereocenters. The van der Waals surface area contributed by atoms with E-state index in [0.717, 1.165) is 38.5 Å². The van der Waals surface area contributed by atoms with Gasteiger partial charge >= 0.3 is 11.9 Å². The Morgan fingerprint density at radius 2 is 0.879 bits per heavy atom. The quantitative estimate of drug-likeness (QED) is 0.0196. The van der Waals surface area contributed by atoms with E-state index in [9.17, 15) is 19.0 Å². The van der Waals surface area contributed by atoms with Crippen LogP contribution >= 0.6 is 7.82 Å². The molecule has 0 N–H and O–H groups in total. The average molecular weight is 844 g/mol. The maximum Gasteiger partial charge on any atom is 0.306 e. The molecule has 2 atom stereocenters. The topological polar surface area (TPSA) is 111 Å². The van der Waals surface area contributed by atoms with E-state index in [0.29, 0.717) is 17.4 Å². The van der Waals surface area contributed by atoms with Gasteiger partial charge in [-0.05, 0) is 38.5 Å². The predicted octanol–water partition coefficient (Wildman–Crippen LogP) is 13.5. The second-order valence-electron chi connectivity index (χ2n) is 17.8. The zero-order valence-corrected chi connectivity index (χ0v) is 39.7. The SMILES string of the molecule is CCCCC/C=C\CCCCCCCCCCC(=O)O[C@H](COC(=O)CCCCCCCCCCCCCCCCCCCCC)COP(=O)([O-])OCC[N+](C)(C)C. The molecule has 0 aromatic rings. The zero-order chi connectivity index (χ0) is 42.8. The van der Waals surface area contributed by atoms with E-state index < -0.39 is 26.5 Å². The van der Waals surface area contributed by atoms with Crippen molar-refractivity contribution in [2.75, 3.05) is 47.5 Å². The molecule has 0 saturated heterocycles. The highest BCUT2D eigenvalue weighted by Gasteiger charge is 2.21. The fourth-order valence-corrected chi connectivity index (χ4v) is 7.67. The zero-order valence-electron chi connectivity index (χ0n) is 38.8. The van der Waals surface area contributed by atoms with Crippen molar-refractivity contribution in [2.24, 2.45) is 0 Å². The molecule has 0 amide bonds. The van der Waals surface area contributed by atoms with Gasteiger partial charge in [-0.2, -0.15) is 0 Å². The van der Waals surface area contributed by atoms with Gasteiger partial charge in [-0.15, -0.1) is 0 Å². The molecule has 10 heteroatoms. The molecule has 0 heterocycles. The number of quaternary nitrogens is 1. The van der Waals surface area contributed by atoms with Gasteiger partial charge < -0.3 is 27.9 Å². The first-order valence-electron chi connectivity index (χ1n) is 24.4. The van der Waals surface area contributed by atoms with Crippen molar-refractivity contribution in [3.8, 4) is 0 Å². The molecule has 0 radical (unpaired) electrons. The van der Waals surface area contributed by atoms with E-state index in [-0.39, 0.29) is 32.0 Å². The molecular formula is C48H94NO8P. The third kappa shape index (κ3) is 44.3. The molecule has 0 aromatic heterocycles. The van der Waals surface area contributed by atoms with Crippen molar-refractivity contribution >= 4 is 19.8 Å². The summed E-state index contributed by atoms with van der Waals surface area (Å²) in [5.41, 5.74) is 0. The molecular weight excluding hydrogens is 750 g/mol. The molecule has 0 spiro atoms. The first kappa shape index (κ1) is 56.8. The van der Waals surface area contributed by atoms with Crippen LogP contribution in [0.15, 0.2) is 12.2 Å². The van der Waals surface area contributed by atoms with Crippen LogP contribution in [0.3, 0.4) is 0 Å². The lowest BCUT2D eigenvalue weighted by Crippen LogP contribution is -2.37. The monoisotopic (exact) mass is 844 g/mol. The summed E-state index contributed by atoms with van der Waals surface area (Å²) in [4.78, 5) is 37.6. The summed E-state index contributed by atoms with van der Waals surface area (Å²) >= 11 is 0. The number of rotatable bonds is 45. The lowest BCUT2D eigenvalue weighted by molar-refractivity contribution is -0.870. The van der Waals surface area contributed by atoms with E-state index >= 15 is 0 Å². The smallest absolute Gasteiger partial charge is 0.306 e. The van der Waals surface area contributed by atoms with Gasteiger partial charge in [-0.25, -0.2) is 0 Å². The number of nitrogens with zero attached hydrogens (tertiary/aromatic N) is 1. The van der Waals surface area contributed by atoms with Crippen molar-refractivity contribution in [1.82, 2.24) is 0 Å². The molecule has 0 bridgehead atoms. The maximum absolute atomic E-state index is 12.7. The van der Waals surface area contributed by atoms with Gasteiger partial charge in [0.2, 0.25) is 0 Å².